The van der Waals surface area contributed by atoms with Crippen molar-refractivity contribution in [1.29, 1.82) is 0 Å². The van der Waals surface area contributed by atoms with Gasteiger partial charge >= 0.3 is 5.97 Å². The zero-order chi connectivity index (χ0) is 21.2. The monoisotopic (exact) mass is 516 g/mol. The number of hydrogen-bond donors (Lipinski definition) is 1. The number of carbonyl (C=O) groups is 2. The number of hydrazone groups is 1. The summed E-state index contributed by atoms with van der Waals surface area (Å²) >= 11 is 2.19. The molecular formula is C22H17IN2O5. The molecule has 0 saturated heterocycles. The van der Waals surface area contributed by atoms with Gasteiger partial charge in [-0.15, -0.1) is 0 Å². The summed E-state index contributed by atoms with van der Waals surface area (Å²) in [4.78, 5) is 23.6. The number of ether oxygens (including phenoxy) is 2. The topological polar surface area (TPSA) is 90.1 Å². The van der Waals surface area contributed by atoms with Gasteiger partial charge in [0.2, 0.25) is 0 Å². The van der Waals surface area contributed by atoms with Crippen LogP contribution in [0.15, 0.2) is 82.5 Å². The van der Waals surface area contributed by atoms with Crippen molar-refractivity contribution in [2.24, 2.45) is 5.10 Å². The predicted octanol–water partition coefficient (Wildman–Crippen LogP) is 4.03. The third-order valence-corrected chi connectivity index (χ3v) is 4.33. The van der Waals surface area contributed by atoms with E-state index >= 15 is 0 Å². The van der Waals surface area contributed by atoms with Crippen LogP contribution in [0, 0.1) is 3.57 Å². The van der Waals surface area contributed by atoms with E-state index in [-0.39, 0.29) is 12.5 Å². The Morgan fingerprint density at radius 2 is 1.77 bits per heavy atom. The first-order chi connectivity index (χ1) is 14.6. The minimum absolute atomic E-state index is 0.141. The highest BCUT2D eigenvalue weighted by molar-refractivity contribution is 14.1. The van der Waals surface area contributed by atoms with Crippen LogP contribution in [0.4, 0.5) is 0 Å². The molecule has 0 radical (unpaired) electrons. The van der Waals surface area contributed by atoms with E-state index in [4.69, 9.17) is 13.9 Å². The molecule has 0 aliphatic rings. The summed E-state index contributed by atoms with van der Waals surface area (Å²) in [7, 11) is 0. The fraction of sp³-hybridized carbons (Fsp3) is 0.0455. The molecule has 1 heterocycles. The SMILES string of the molecule is O=C(COc1ccc(I)cc1)N/N=C\c1ccc(OC(=O)/C=C/c2ccco2)cc1. The average molecular weight is 516 g/mol. The molecule has 2 aromatic carbocycles. The van der Waals surface area contributed by atoms with Crippen LogP contribution >= 0.6 is 22.6 Å². The molecule has 30 heavy (non-hydrogen) atoms. The van der Waals surface area contributed by atoms with Crippen LogP contribution in [-0.2, 0) is 9.59 Å². The zero-order valence-corrected chi connectivity index (χ0v) is 17.8. The number of rotatable bonds is 8. The Kier molecular flexibility index (Phi) is 7.78. The molecule has 0 bridgehead atoms. The number of hydrogen-bond acceptors (Lipinski definition) is 6. The largest absolute Gasteiger partial charge is 0.484 e. The van der Waals surface area contributed by atoms with E-state index in [1.165, 1.54) is 24.6 Å². The maximum Gasteiger partial charge on any atom is 0.336 e. The molecule has 1 N–H and O–H groups in total. The fourth-order valence-corrected chi connectivity index (χ4v) is 2.56. The minimum Gasteiger partial charge on any atom is -0.484 e. The van der Waals surface area contributed by atoms with Crippen LogP contribution in [0.25, 0.3) is 6.08 Å². The normalized spacial score (nSPS) is 11.0. The number of esters is 1. The third-order valence-electron chi connectivity index (χ3n) is 3.61. The third kappa shape index (κ3) is 7.21. The van der Waals surface area contributed by atoms with Crippen LogP contribution in [0.5, 0.6) is 11.5 Å². The van der Waals surface area contributed by atoms with E-state index in [1.807, 2.05) is 12.1 Å². The Morgan fingerprint density at radius 1 is 1.03 bits per heavy atom. The summed E-state index contributed by atoms with van der Waals surface area (Å²) in [5, 5.41) is 3.88. The summed E-state index contributed by atoms with van der Waals surface area (Å²) in [6.45, 7) is -0.141. The van der Waals surface area contributed by atoms with Crippen LogP contribution in [-0.4, -0.2) is 24.7 Å². The number of amides is 1. The molecule has 0 fully saturated rings. The van der Waals surface area contributed by atoms with Gasteiger partial charge in [-0.25, -0.2) is 10.2 Å². The highest BCUT2D eigenvalue weighted by atomic mass is 127. The van der Waals surface area contributed by atoms with Crippen molar-refractivity contribution in [1.82, 2.24) is 5.43 Å². The highest BCUT2D eigenvalue weighted by Crippen LogP contribution is 2.13. The number of furan rings is 1. The van der Waals surface area contributed by atoms with Crippen molar-refractivity contribution in [3.8, 4) is 11.5 Å². The Balaban J connectivity index is 1.42. The second kappa shape index (κ2) is 11.0. The van der Waals surface area contributed by atoms with Crippen LogP contribution < -0.4 is 14.9 Å². The second-order valence-corrected chi connectivity index (χ2v) is 7.12. The summed E-state index contributed by atoms with van der Waals surface area (Å²) in [6, 6.07) is 17.5. The molecule has 1 amide bonds. The van der Waals surface area contributed by atoms with Crippen molar-refractivity contribution < 1.29 is 23.5 Å². The lowest BCUT2D eigenvalue weighted by Gasteiger charge is -2.05. The molecule has 0 aliphatic heterocycles. The van der Waals surface area contributed by atoms with Gasteiger partial charge in [0.25, 0.3) is 5.91 Å². The smallest absolute Gasteiger partial charge is 0.336 e. The molecule has 0 atom stereocenters. The Morgan fingerprint density at radius 3 is 2.47 bits per heavy atom. The number of halogens is 1. The molecule has 3 rings (SSSR count). The van der Waals surface area contributed by atoms with Gasteiger partial charge in [-0.05, 0) is 94.9 Å². The van der Waals surface area contributed by atoms with Gasteiger partial charge < -0.3 is 13.9 Å². The van der Waals surface area contributed by atoms with Gasteiger partial charge in [0.15, 0.2) is 6.61 Å². The van der Waals surface area contributed by atoms with Gasteiger partial charge in [-0.2, -0.15) is 5.10 Å². The zero-order valence-electron chi connectivity index (χ0n) is 15.7. The van der Waals surface area contributed by atoms with E-state index in [0.717, 1.165) is 9.13 Å². The number of benzene rings is 2. The molecule has 0 spiro atoms. The Hall–Kier alpha value is -3.40. The first-order valence-electron chi connectivity index (χ1n) is 8.82. The molecule has 3 aromatic rings. The summed E-state index contributed by atoms with van der Waals surface area (Å²) in [6.07, 6.45) is 5.80. The van der Waals surface area contributed by atoms with Gasteiger partial charge in [0.1, 0.15) is 17.3 Å². The first kappa shape index (κ1) is 21.3. The lowest BCUT2D eigenvalue weighted by atomic mass is 10.2. The van der Waals surface area contributed by atoms with Crippen molar-refractivity contribution in [3.63, 3.8) is 0 Å². The second-order valence-electron chi connectivity index (χ2n) is 5.87. The molecule has 0 aliphatic carbocycles. The van der Waals surface area contributed by atoms with Crippen molar-refractivity contribution in [2.45, 2.75) is 0 Å². The number of carbonyl (C=O) groups excluding carboxylic acids is 2. The molecule has 8 heteroatoms. The molecule has 0 saturated carbocycles. The van der Waals surface area contributed by atoms with E-state index in [9.17, 15) is 9.59 Å². The van der Waals surface area contributed by atoms with Crippen LogP contribution in [0.2, 0.25) is 0 Å². The number of nitrogens with zero attached hydrogens (tertiary/aromatic N) is 1. The lowest BCUT2D eigenvalue weighted by Crippen LogP contribution is -2.24. The minimum atomic E-state index is -0.520. The lowest BCUT2D eigenvalue weighted by molar-refractivity contribution is -0.129. The van der Waals surface area contributed by atoms with E-state index in [0.29, 0.717) is 17.3 Å². The van der Waals surface area contributed by atoms with Crippen molar-refractivity contribution in [3.05, 3.63) is 87.9 Å². The molecule has 7 nitrogen and oxygen atoms in total. The van der Waals surface area contributed by atoms with Gasteiger partial charge in [0.05, 0.1) is 12.5 Å². The quantitative estimate of drug-likeness (QED) is 0.122. The Labute approximate surface area is 186 Å². The van der Waals surface area contributed by atoms with Gasteiger partial charge in [0, 0.05) is 9.65 Å². The molecule has 1 aromatic heterocycles. The maximum absolute atomic E-state index is 11.8. The van der Waals surface area contributed by atoms with Crippen molar-refractivity contribution >= 4 is 46.8 Å². The van der Waals surface area contributed by atoms with E-state index in [1.54, 1.807) is 48.5 Å². The summed E-state index contributed by atoms with van der Waals surface area (Å²) in [5.41, 5.74) is 3.11. The summed E-state index contributed by atoms with van der Waals surface area (Å²) < 4.78 is 16.7. The standard InChI is InChI=1S/C22H17IN2O5/c23-17-5-9-19(10-6-17)29-15-21(26)25-24-14-16-3-7-20(8-4-16)30-22(27)12-11-18-2-1-13-28-18/h1-14H,15H2,(H,25,26)/b12-11+,24-14-. The van der Waals surface area contributed by atoms with Gasteiger partial charge in [-0.3, -0.25) is 4.79 Å². The average Bonchev–Trinajstić information content (AvgIpc) is 3.27. The molecule has 152 valence electrons. The molecule has 0 unspecified atom stereocenters. The van der Waals surface area contributed by atoms with E-state index < -0.39 is 5.97 Å². The van der Waals surface area contributed by atoms with Crippen LogP contribution in [0.3, 0.4) is 0 Å². The predicted molar refractivity (Wildman–Crippen MR) is 120 cm³/mol. The van der Waals surface area contributed by atoms with Crippen LogP contribution in [0.1, 0.15) is 11.3 Å². The molecular weight excluding hydrogens is 499 g/mol. The summed E-state index contributed by atoms with van der Waals surface area (Å²) in [5.74, 6) is 0.659. The van der Waals surface area contributed by atoms with E-state index in [2.05, 4.69) is 33.1 Å². The Bertz CT molecular complexity index is 1030. The highest BCUT2D eigenvalue weighted by Gasteiger charge is 2.03. The fourth-order valence-electron chi connectivity index (χ4n) is 2.20. The first-order valence-corrected chi connectivity index (χ1v) is 9.90. The van der Waals surface area contributed by atoms with Crippen molar-refractivity contribution in [2.75, 3.05) is 6.61 Å². The number of nitrogens with one attached hydrogen (secondary N) is 1. The van der Waals surface area contributed by atoms with Gasteiger partial charge in [-0.1, -0.05) is 0 Å². The maximum atomic E-state index is 11.8.